The average Bonchev–Trinajstić information content (AvgIpc) is 2.53. The summed E-state index contributed by atoms with van der Waals surface area (Å²) in [4.78, 5) is 23.6. The fourth-order valence-electron chi connectivity index (χ4n) is 1.74. The number of esters is 1. The standard InChI is InChI=1S/C16H10ClFN2O3/c17-13-7-11(18)5-6-12(13)16(22)23-9-15(21)20-14-4-2-1-3-10(14)8-19/h1-7H,9H2,(H,20,21). The molecular formula is C16H10ClFN2O3. The number of hydrogen-bond acceptors (Lipinski definition) is 4. The third-order valence-corrected chi connectivity index (χ3v) is 3.12. The van der Waals surface area contributed by atoms with Gasteiger partial charge in [-0.05, 0) is 30.3 Å². The van der Waals surface area contributed by atoms with E-state index < -0.39 is 24.3 Å². The van der Waals surface area contributed by atoms with Crippen LogP contribution in [-0.4, -0.2) is 18.5 Å². The highest BCUT2D eigenvalue weighted by atomic mass is 35.5. The second kappa shape index (κ2) is 7.38. The van der Waals surface area contributed by atoms with Crippen LogP contribution in [0.25, 0.3) is 0 Å². The number of carbonyl (C=O) groups excluding carboxylic acids is 2. The molecule has 5 nitrogen and oxygen atoms in total. The second-order valence-electron chi connectivity index (χ2n) is 4.41. The van der Waals surface area contributed by atoms with Crippen LogP contribution in [0, 0.1) is 17.1 Å². The summed E-state index contributed by atoms with van der Waals surface area (Å²) in [5.41, 5.74) is 0.558. The molecular weight excluding hydrogens is 323 g/mol. The maximum Gasteiger partial charge on any atom is 0.340 e. The van der Waals surface area contributed by atoms with Gasteiger partial charge in [-0.3, -0.25) is 4.79 Å². The van der Waals surface area contributed by atoms with Gasteiger partial charge in [-0.1, -0.05) is 23.7 Å². The summed E-state index contributed by atoms with van der Waals surface area (Å²) in [6.45, 7) is -0.563. The maximum absolute atomic E-state index is 12.9. The zero-order valence-electron chi connectivity index (χ0n) is 11.7. The minimum atomic E-state index is -0.848. The number of para-hydroxylation sites is 1. The lowest BCUT2D eigenvalue weighted by Gasteiger charge is -2.08. The van der Waals surface area contributed by atoms with E-state index in [1.807, 2.05) is 6.07 Å². The number of nitrogens with zero attached hydrogens (tertiary/aromatic N) is 1. The van der Waals surface area contributed by atoms with Crippen molar-refractivity contribution in [3.05, 3.63) is 64.4 Å². The van der Waals surface area contributed by atoms with Gasteiger partial charge in [0.15, 0.2) is 6.61 Å². The van der Waals surface area contributed by atoms with Crippen LogP contribution in [0.5, 0.6) is 0 Å². The highest BCUT2D eigenvalue weighted by Gasteiger charge is 2.15. The van der Waals surface area contributed by atoms with Crippen molar-refractivity contribution in [3.8, 4) is 6.07 Å². The summed E-state index contributed by atoms with van der Waals surface area (Å²) in [6, 6.07) is 11.5. The van der Waals surface area contributed by atoms with Gasteiger partial charge in [-0.25, -0.2) is 9.18 Å². The van der Waals surface area contributed by atoms with Crippen molar-refractivity contribution >= 4 is 29.2 Å². The minimum Gasteiger partial charge on any atom is -0.452 e. The Bertz CT molecular complexity index is 802. The third kappa shape index (κ3) is 4.28. The van der Waals surface area contributed by atoms with Crippen LogP contribution < -0.4 is 5.32 Å². The number of ether oxygens (including phenoxy) is 1. The van der Waals surface area contributed by atoms with Crippen molar-refractivity contribution in [2.75, 3.05) is 11.9 Å². The summed E-state index contributed by atoms with van der Waals surface area (Å²) in [6.07, 6.45) is 0. The number of rotatable bonds is 4. The molecule has 0 unspecified atom stereocenters. The van der Waals surface area contributed by atoms with Crippen LogP contribution in [0.4, 0.5) is 10.1 Å². The van der Waals surface area contributed by atoms with Crippen LogP contribution in [-0.2, 0) is 9.53 Å². The lowest BCUT2D eigenvalue weighted by molar-refractivity contribution is -0.119. The second-order valence-corrected chi connectivity index (χ2v) is 4.81. The van der Waals surface area contributed by atoms with Crippen LogP contribution >= 0.6 is 11.6 Å². The van der Waals surface area contributed by atoms with Gasteiger partial charge < -0.3 is 10.1 Å². The Kier molecular flexibility index (Phi) is 5.28. The minimum absolute atomic E-state index is 0.0432. The Hall–Kier alpha value is -2.91. The Morgan fingerprint density at radius 2 is 2.00 bits per heavy atom. The predicted molar refractivity (Wildman–Crippen MR) is 81.5 cm³/mol. The van der Waals surface area contributed by atoms with Crippen molar-refractivity contribution < 1.29 is 18.7 Å². The summed E-state index contributed by atoms with van der Waals surface area (Å²) >= 11 is 5.73. The molecule has 116 valence electrons. The molecule has 0 aliphatic carbocycles. The summed E-state index contributed by atoms with van der Waals surface area (Å²) < 4.78 is 17.7. The van der Waals surface area contributed by atoms with Crippen LogP contribution in [0.2, 0.25) is 5.02 Å². The molecule has 0 aliphatic heterocycles. The SMILES string of the molecule is N#Cc1ccccc1NC(=O)COC(=O)c1ccc(F)cc1Cl. The van der Waals surface area contributed by atoms with E-state index in [0.29, 0.717) is 5.69 Å². The van der Waals surface area contributed by atoms with Gasteiger partial charge in [-0.2, -0.15) is 5.26 Å². The van der Waals surface area contributed by atoms with Crippen LogP contribution in [0.1, 0.15) is 15.9 Å². The molecule has 2 aromatic rings. The van der Waals surface area contributed by atoms with Crippen LogP contribution in [0.3, 0.4) is 0 Å². The zero-order valence-corrected chi connectivity index (χ0v) is 12.4. The molecule has 0 heterocycles. The van der Waals surface area contributed by atoms with E-state index in [4.69, 9.17) is 21.6 Å². The highest BCUT2D eigenvalue weighted by molar-refractivity contribution is 6.33. The molecule has 7 heteroatoms. The first kappa shape index (κ1) is 16.5. The molecule has 0 aromatic heterocycles. The Balaban J connectivity index is 1.96. The third-order valence-electron chi connectivity index (χ3n) is 2.81. The van der Waals surface area contributed by atoms with E-state index in [1.54, 1.807) is 24.3 Å². The molecule has 0 saturated carbocycles. The van der Waals surface area contributed by atoms with E-state index in [-0.39, 0.29) is 16.1 Å². The topological polar surface area (TPSA) is 79.2 Å². The van der Waals surface area contributed by atoms with Gasteiger partial charge in [-0.15, -0.1) is 0 Å². The molecule has 0 aliphatic rings. The maximum atomic E-state index is 12.9. The number of nitriles is 1. The van der Waals surface area contributed by atoms with Gasteiger partial charge in [0.2, 0.25) is 0 Å². The molecule has 2 rings (SSSR count). The average molecular weight is 333 g/mol. The molecule has 0 bridgehead atoms. The molecule has 1 amide bonds. The molecule has 0 atom stereocenters. The molecule has 23 heavy (non-hydrogen) atoms. The monoisotopic (exact) mass is 332 g/mol. The molecule has 0 fully saturated rings. The zero-order chi connectivity index (χ0) is 16.8. The van der Waals surface area contributed by atoms with Crippen molar-refractivity contribution in [1.82, 2.24) is 0 Å². The number of carbonyl (C=O) groups is 2. The lowest BCUT2D eigenvalue weighted by atomic mass is 10.2. The largest absolute Gasteiger partial charge is 0.452 e. The molecule has 2 aromatic carbocycles. The number of nitrogens with one attached hydrogen (secondary N) is 1. The lowest BCUT2D eigenvalue weighted by Crippen LogP contribution is -2.21. The number of amides is 1. The number of benzene rings is 2. The smallest absolute Gasteiger partial charge is 0.340 e. The Morgan fingerprint density at radius 3 is 2.70 bits per heavy atom. The van der Waals surface area contributed by atoms with Gasteiger partial charge in [0.05, 0.1) is 21.8 Å². The molecule has 0 saturated heterocycles. The van der Waals surface area contributed by atoms with Crippen molar-refractivity contribution in [2.24, 2.45) is 0 Å². The normalized spacial score (nSPS) is 9.78. The van der Waals surface area contributed by atoms with E-state index in [9.17, 15) is 14.0 Å². The van der Waals surface area contributed by atoms with Gasteiger partial charge in [0, 0.05) is 0 Å². The molecule has 1 N–H and O–H groups in total. The molecule has 0 radical (unpaired) electrons. The van der Waals surface area contributed by atoms with Crippen LogP contribution in [0.15, 0.2) is 42.5 Å². The Labute approximate surface area is 136 Å². The summed E-state index contributed by atoms with van der Waals surface area (Å²) in [5.74, 6) is -2.05. The van der Waals surface area contributed by atoms with Gasteiger partial charge >= 0.3 is 5.97 Å². The van der Waals surface area contributed by atoms with E-state index in [2.05, 4.69) is 5.32 Å². The van der Waals surface area contributed by atoms with Crippen molar-refractivity contribution in [2.45, 2.75) is 0 Å². The summed E-state index contributed by atoms with van der Waals surface area (Å²) in [7, 11) is 0. The van der Waals surface area contributed by atoms with Gasteiger partial charge in [0.1, 0.15) is 11.9 Å². The van der Waals surface area contributed by atoms with E-state index >= 15 is 0 Å². The first-order valence-corrected chi connectivity index (χ1v) is 6.80. The van der Waals surface area contributed by atoms with Crippen molar-refractivity contribution in [3.63, 3.8) is 0 Å². The number of hydrogen-bond donors (Lipinski definition) is 1. The fraction of sp³-hybridized carbons (Fsp3) is 0.0625. The highest BCUT2D eigenvalue weighted by Crippen LogP contribution is 2.18. The summed E-state index contributed by atoms with van der Waals surface area (Å²) in [5, 5.41) is 11.3. The van der Waals surface area contributed by atoms with E-state index in [0.717, 1.165) is 12.1 Å². The quantitative estimate of drug-likeness (QED) is 0.872. The molecule has 0 spiro atoms. The van der Waals surface area contributed by atoms with Gasteiger partial charge in [0.25, 0.3) is 5.91 Å². The fourth-order valence-corrected chi connectivity index (χ4v) is 1.98. The first-order chi connectivity index (χ1) is 11.0. The van der Waals surface area contributed by atoms with E-state index in [1.165, 1.54) is 6.07 Å². The predicted octanol–water partition coefficient (Wildman–Crippen LogP) is 3.15. The Morgan fingerprint density at radius 1 is 1.26 bits per heavy atom. The first-order valence-electron chi connectivity index (χ1n) is 6.42. The van der Waals surface area contributed by atoms with Crippen molar-refractivity contribution in [1.29, 1.82) is 5.26 Å². The number of anilines is 1. The number of halogens is 2.